The third-order valence-electron chi connectivity index (χ3n) is 3.30. The van der Waals surface area contributed by atoms with Crippen LogP contribution < -0.4 is 15.2 Å². The average molecular weight is 338 g/mol. The molecule has 106 valence electrons. The maximum atomic E-state index is 5.64. The van der Waals surface area contributed by atoms with E-state index in [-0.39, 0.29) is 0 Å². The fourth-order valence-electron chi connectivity index (χ4n) is 2.32. The molecule has 0 aliphatic carbocycles. The van der Waals surface area contributed by atoms with Crippen LogP contribution in [0.5, 0.6) is 11.5 Å². The molecule has 5 nitrogen and oxygen atoms in total. The van der Waals surface area contributed by atoms with Crippen molar-refractivity contribution in [3.05, 3.63) is 28.4 Å². The van der Waals surface area contributed by atoms with Crippen molar-refractivity contribution in [1.29, 1.82) is 0 Å². The Labute approximate surface area is 125 Å². The van der Waals surface area contributed by atoms with E-state index in [4.69, 9.17) is 15.2 Å². The Balaban J connectivity index is 2.03. The van der Waals surface area contributed by atoms with Crippen LogP contribution in [0.25, 0.3) is 11.3 Å². The zero-order chi connectivity index (χ0) is 14.1. The number of aryl methyl sites for hydroxylation is 1. The molecule has 1 aromatic heterocycles. The summed E-state index contributed by atoms with van der Waals surface area (Å²) in [6.45, 7) is 1.78. The molecule has 2 aromatic rings. The van der Waals surface area contributed by atoms with Crippen molar-refractivity contribution in [1.82, 2.24) is 9.78 Å². The number of ether oxygens (including phenoxy) is 2. The highest BCUT2D eigenvalue weighted by Gasteiger charge is 2.18. The molecule has 0 spiro atoms. The molecule has 6 heteroatoms. The van der Waals surface area contributed by atoms with Crippen molar-refractivity contribution < 1.29 is 9.47 Å². The first kappa shape index (κ1) is 13.5. The van der Waals surface area contributed by atoms with Gasteiger partial charge in [-0.2, -0.15) is 5.10 Å². The summed E-state index contributed by atoms with van der Waals surface area (Å²) in [5.74, 6) is 1.56. The van der Waals surface area contributed by atoms with Gasteiger partial charge in [-0.1, -0.05) is 0 Å². The van der Waals surface area contributed by atoms with Gasteiger partial charge < -0.3 is 15.2 Å². The van der Waals surface area contributed by atoms with E-state index in [1.807, 2.05) is 29.9 Å². The first-order valence-electron chi connectivity index (χ1n) is 6.52. The van der Waals surface area contributed by atoms with Crippen molar-refractivity contribution in [2.45, 2.75) is 6.42 Å². The van der Waals surface area contributed by atoms with Crippen LogP contribution in [0, 0.1) is 0 Å². The molecule has 1 aromatic carbocycles. The number of rotatable bonds is 3. The second-order valence-corrected chi connectivity index (χ2v) is 5.42. The van der Waals surface area contributed by atoms with Crippen molar-refractivity contribution in [2.24, 2.45) is 12.8 Å². The predicted octanol–water partition coefficient (Wildman–Crippen LogP) is 2.12. The number of nitrogens with zero attached hydrogens (tertiary/aromatic N) is 2. The monoisotopic (exact) mass is 337 g/mol. The molecule has 2 heterocycles. The smallest absolute Gasteiger partial charge is 0.162 e. The minimum Gasteiger partial charge on any atom is -0.486 e. The molecule has 0 amide bonds. The predicted molar refractivity (Wildman–Crippen MR) is 80.1 cm³/mol. The average Bonchev–Trinajstić information content (AvgIpc) is 2.75. The van der Waals surface area contributed by atoms with Crippen molar-refractivity contribution in [3.8, 4) is 22.8 Å². The highest BCUT2D eigenvalue weighted by atomic mass is 79.9. The van der Waals surface area contributed by atoms with Gasteiger partial charge in [0.05, 0.1) is 10.2 Å². The van der Waals surface area contributed by atoms with E-state index in [0.29, 0.717) is 19.8 Å². The van der Waals surface area contributed by atoms with E-state index in [1.165, 1.54) is 0 Å². The second-order valence-electron chi connectivity index (χ2n) is 4.63. The summed E-state index contributed by atoms with van der Waals surface area (Å²) in [5.41, 5.74) is 8.63. The summed E-state index contributed by atoms with van der Waals surface area (Å²) in [6.07, 6.45) is 0.786. The second kappa shape index (κ2) is 5.46. The minimum absolute atomic E-state index is 0.582. The Morgan fingerprint density at radius 1 is 1.30 bits per heavy atom. The van der Waals surface area contributed by atoms with Gasteiger partial charge in [-0.3, -0.25) is 4.68 Å². The van der Waals surface area contributed by atoms with Crippen LogP contribution in [0.2, 0.25) is 0 Å². The number of benzene rings is 1. The lowest BCUT2D eigenvalue weighted by Gasteiger charge is -2.18. The van der Waals surface area contributed by atoms with E-state index in [2.05, 4.69) is 21.0 Å². The maximum Gasteiger partial charge on any atom is 0.162 e. The Morgan fingerprint density at radius 2 is 2.05 bits per heavy atom. The summed E-state index contributed by atoms with van der Waals surface area (Å²) in [5, 5.41) is 4.57. The van der Waals surface area contributed by atoms with E-state index >= 15 is 0 Å². The van der Waals surface area contributed by atoms with Crippen molar-refractivity contribution >= 4 is 15.9 Å². The molecule has 1 aliphatic heterocycles. The topological polar surface area (TPSA) is 62.3 Å². The number of fused-ring (bicyclic) bond motifs is 1. The summed E-state index contributed by atoms with van der Waals surface area (Å²) >= 11 is 3.62. The van der Waals surface area contributed by atoms with Gasteiger partial charge in [-0.15, -0.1) is 0 Å². The largest absolute Gasteiger partial charge is 0.486 e. The summed E-state index contributed by atoms with van der Waals surface area (Å²) in [4.78, 5) is 0. The molecule has 0 radical (unpaired) electrons. The lowest BCUT2D eigenvalue weighted by atomic mass is 10.1. The highest BCUT2D eigenvalue weighted by Crippen LogP contribution is 2.37. The molecule has 1 aliphatic rings. The molecular formula is C14H16BrN3O2. The Kier molecular flexibility index (Phi) is 3.67. The Hall–Kier alpha value is -1.53. The lowest BCUT2D eigenvalue weighted by Crippen LogP contribution is -2.15. The highest BCUT2D eigenvalue weighted by molar-refractivity contribution is 9.10. The Morgan fingerprint density at radius 3 is 2.80 bits per heavy atom. The molecule has 20 heavy (non-hydrogen) atoms. The van der Waals surface area contributed by atoms with Crippen molar-refractivity contribution in [3.63, 3.8) is 0 Å². The van der Waals surface area contributed by atoms with Gasteiger partial charge in [-0.25, -0.2) is 0 Å². The molecule has 0 bridgehead atoms. The van der Waals surface area contributed by atoms with Crippen LogP contribution in [-0.2, 0) is 13.5 Å². The van der Waals surface area contributed by atoms with Gasteiger partial charge in [0.15, 0.2) is 11.5 Å². The quantitative estimate of drug-likeness (QED) is 0.931. The van der Waals surface area contributed by atoms with Crippen LogP contribution in [0.4, 0.5) is 0 Å². The SMILES string of the molecule is Cn1nc(-c2ccc3c(c2)OCCO3)c(Br)c1CCN. The molecule has 0 saturated heterocycles. The zero-order valence-corrected chi connectivity index (χ0v) is 12.8. The standard InChI is InChI=1S/C14H16BrN3O2/c1-18-10(4-5-16)13(15)14(17-18)9-2-3-11-12(8-9)20-7-6-19-11/h2-3,8H,4-7,16H2,1H3. The summed E-state index contributed by atoms with van der Waals surface area (Å²) < 4.78 is 14.0. The fourth-order valence-corrected chi connectivity index (χ4v) is 3.08. The maximum absolute atomic E-state index is 5.64. The van der Waals surface area contributed by atoms with Crippen LogP contribution in [-0.4, -0.2) is 29.5 Å². The lowest BCUT2D eigenvalue weighted by molar-refractivity contribution is 0.171. The van der Waals surface area contributed by atoms with Gasteiger partial charge in [0.25, 0.3) is 0 Å². The first-order valence-corrected chi connectivity index (χ1v) is 7.31. The summed E-state index contributed by atoms with van der Waals surface area (Å²) in [7, 11) is 1.93. The van der Waals surface area contributed by atoms with E-state index < -0.39 is 0 Å². The van der Waals surface area contributed by atoms with Gasteiger partial charge in [0.2, 0.25) is 0 Å². The van der Waals surface area contributed by atoms with E-state index in [9.17, 15) is 0 Å². The normalized spacial score (nSPS) is 13.6. The number of halogens is 1. The molecule has 2 N–H and O–H groups in total. The molecule has 3 rings (SSSR count). The van der Waals surface area contributed by atoms with E-state index in [1.54, 1.807) is 0 Å². The first-order chi connectivity index (χ1) is 9.70. The van der Waals surface area contributed by atoms with Crippen LogP contribution >= 0.6 is 15.9 Å². The number of aromatic nitrogens is 2. The third kappa shape index (κ3) is 2.29. The van der Waals surface area contributed by atoms with Gasteiger partial charge in [-0.05, 0) is 40.7 Å². The minimum atomic E-state index is 0.582. The van der Waals surface area contributed by atoms with Crippen LogP contribution in [0.1, 0.15) is 5.69 Å². The Bertz CT molecular complexity index is 640. The molecule has 0 unspecified atom stereocenters. The summed E-state index contributed by atoms with van der Waals surface area (Å²) in [6, 6.07) is 5.88. The van der Waals surface area contributed by atoms with Gasteiger partial charge in [0.1, 0.15) is 18.9 Å². The van der Waals surface area contributed by atoms with E-state index in [0.717, 1.165) is 39.3 Å². The molecular weight excluding hydrogens is 322 g/mol. The number of hydrogen-bond donors (Lipinski definition) is 1. The fraction of sp³-hybridized carbons (Fsp3) is 0.357. The zero-order valence-electron chi connectivity index (χ0n) is 11.2. The van der Waals surface area contributed by atoms with Crippen LogP contribution in [0.15, 0.2) is 22.7 Å². The van der Waals surface area contributed by atoms with Gasteiger partial charge >= 0.3 is 0 Å². The van der Waals surface area contributed by atoms with Gasteiger partial charge in [0, 0.05) is 19.0 Å². The number of nitrogens with two attached hydrogens (primary N) is 1. The molecule has 0 saturated carbocycles. The third-order valence-corrected chi connectivity index (χ3v) is 4.13. The van der Waals surface area contributed by atoms with Crippen LogP contribution in [0.3, 0.4) is 0 Å². The molecule has 0 atom stereocenters. The number of hydrogen-bond acceptors (Lipinski definition) is 4. The van der Waals surface area contributed by atoms with Crippen molar-refractivity contribution in [2.75, 3.05) is 19.8 Å². The molecule has 0 fully saturated rings.